The number of rotatable bonds is 5. The molecule has 0 fully saturated rings. The van der Waals surface area contributed by atoms with E-state index in [1.165, 1.54) is 21.6 Å². The third kappa shape index (κ3) is 3.89. The lowest BCUT2D eigenvalue weighted by molar-refractivity contribution is -0.673. The predicted octanol–water partition coefficient (Wildman–Crippen LogP) is 2.90. The molecule has 0 bridgehead atoms. The van der Waals surface area contributed by atoms with Gasteiger partial charge in [0.05, 0.1) is 18.6 Å². The number of nitrogens with one attached hydrogen (secondary N) is 1. The molecule has 0 amide bonds. The summed E-state index contributed by atoms with van der Waals surface area (Å²) in [7, 11) is 1.55. The first-order chi connectivity index (χ1) is 16.6. The second kappa shape index (κ2) is 9.00. The molecule has 2 heterocycles. The van der Waals surface area contributed by atoms with Crippen LogP contribution in [-0.4, -0.2) is 18.3 Å². The monoisotopic (exact) mass is 472 g/mol. The second-order valence-corrected chi connectivity index (χ2v) is 9.01. The summed E-state index contributed by atoms with van der Waals surface area (Å²) in [5, 5.41) is 25.7. The number of benzene rings is 2. The SMILES string of the molecule is COc1ccc(-[n+]2[nH]oc(=O)c2/C([O-])=N/c2sc3c(c2C#N)CCC(c2ccccc2)C3)cc1. The number of nitriles is 1. The average molecular weight is 473 g/mol. The summed E-state index contributed by atoms with van der Waals surface area (Å²) in [6.07, 6.45) is 2.46. The molecule has 0 aliphatic heterocycles. The summed E-state index contributed by atoms with van der Waals surface area (Å²) in [5.41, 5.74) is 2.02. The van der Waals surface area contributed by atoms with Gasteiger partial charge >= 0.3 is 11.3 Å². The van der Waals surface area contributed by atoms with Crippen molar-refractivity contribution >= 4 is 22.2 Å². The minimum absolute atomic E-state index is 0.275. The summed E-state index contributed by atoms with van der Waals surface area (Å²) in [6, 6.07) is 19.2. The summed E-state index contributed by atoms with van der Waals surface area (Å²) in [4.78, 5) is 17.6. The average Bonchev–Trinajstić information content (AvgIpc) is 3.43. The zero-order valence-corrected chi connectivity index (χ0v) is 19.1. The first-order valence-corrected chi connectivity index (χ1v) is 11.5. The number of H-pyrrole nitrogens is 1. The second-order valence-electron chi connectivity index (χ2n) is 7.93. The summed E-state index contributed by atoms with van der Waals surface area (Å²) in [6.45, 7) is 0. The number of hydrogen-bond donors (Lipinski definition) is 1. The number of aromatic nitrogens is 2. The standard InChI is InChI=1S/C25H20N4O4S/c1-32-18-10-8-17(9-11-18)29-22(25(31)33-28-29)23(30)27-24-20(14-26)19-12-7-16(13-21(19)34-24)15-5-3-2-4-6-15/h2-6,8-11,16H,7,12-13H2,1H3,(H-,27,28,30,31). The molecule has 0 saturated heterocycles. The molecular formula is C25H20N4O4S. The highest BCUT2D eigenvalue weighted by molar-refractivity contribution is 7.16. The molecule has 5 rings (SSSR count). The fraction of sp³-hybridized carbons (Fsp3) is 0.200. The highest BCUT2D eigenvalue weighted by Crippen LogP contribution is 2.43. The van der Waals surface area contributed by atoms with Crippen LogP contribution in [0.15, 0.2) is 68.9 Å². The fourth-order valence-corrected chi connectivity index (χ4v) is 5.53. The maximum Gasteiger partial charge on any atom is 0.436 e. The van der Waals surface area contributed by atoms with Crippen molar-refractivity contribution in [1.29, 1.82) is 5.26 Å². The molecule has 1 N–H and O–H groups in total. The molecule has 1 unspecified atom stereocenters. The van der Waals surface area contributed by atoms with E-state index in [1.807, 2.05) is 18.2 Å². The van der Waals surface area contributed by atoms with Crippen LogP contribution in [0.3, 0.4) is 0 Å². The maximum atomic E-state index is 13.1. The van der Waals surface area contributed by atoms with Crippen molar-refractivity contribution in [1.82, 2.24) is 5.27 Å². The van der Waals surface area contributed by atoms with E-state index in [2.05, 4.69) is 28.5 Å². The highest BCUT2D eigenvalue weighted by Gasteiger charge is 2.28. The molecule has 2 aromatic heterocycles. The molecule has 0 spiro atoms. The summed E-state index contributed by atoms with van der Waals surface area (Å²) in [5.74, 6) is 0.210. The zero-order valence-electron chi connectivity index (χ0n) is 18.3. The van der Waals surface area contributed by atoms with Gasteiger partial charge in [0.1, 0.15) is 16.8 Å². The minimum Gasteiger partial charge on any atom is -0.854 e. The number of aliphatic imine (C=N–C) groups is 1. The molecule has 1 aliphatic carbocycles. The van der Waals surface area contributed by atoms with E-state index in [1.54, 1.807) is 31.4 Å². The van der Waals surface area contributed by atoms with Gasteiger partial charge in [-0.05, 0) is 58.4 Å². The van der Waals surface area contributed by atoms with Crippen LogP contribution in [0.4, 0.5) is 5.00 Å². The van der Waals surface area contributed by atoms with E-state index in [4.69, 9.17) is 9.26 Å². The van der Waals surface area contributed by atoms with Gasteiger partial charge in [0.15, 0.2) is 0 Å². The molecule has 4 aromatic rings. The normalized spacial score (nSPS) is 15.5. The number of thiophene rings is 1. The number of nitrogens with zero attached hydrogens (tertiary/aromatic N) is 3. The minimum atomic E-state index is -0.839. The van der Waals surface area contributed by atoms with E-state index in [0.29, 0.717) is 27.9 Å². The van der Waals surface area contributed by atoms with Crippen molar-refractivity contribution in [2.45, 2.75) is 25.2 Å². The lowest BCUT2D eigenvalue weighted by Gasteiger charge is -2.22. The van der Waals surface area contributed by atoms with E-state index in [0.717, 1.165) is 29.7 Å². The Morgan fingerprint density at radius 3 is 2.74 bits per heavy atom. The van der Waals surface area contributed by atoms with Crippen LogP contribution < -0.4 is 20.2 Å². The van der Waals surface area contributed by atoms with Crippen molar-refractivity contribution < 1.29 is 19.0 Å². The van der Waals surface area contributed by atoms with Crippen LogP contribution >= 0.6 is 11.3 Å². The van der Waals surface area contributed by atoms with E-state index >= 15 is 0 Å². The number of hydrogen-bond acceptors (Lipinski definition) is 7. The maximum absolute atomic E-state index is 13.1. The van der Waals surface area contributed by atoms with Gasteiger partial charge in [-0.1, -0.05) is 30.3 Å². The van der Waals surface area contributed by atoms with Crippen LogP contribution in [0, 0.1) is 11.3 Å². The van der Waals surface area contributed by atoms with Gasteiger partial charge in [-0.2, -0.15) is 5.26 Å². The quantitative estimate of drug-likeness (QED) is 0.272. The van der Waals surface area contributed by atoms with Crippen LogP contribution in [0.5, 0.6) is 5.75 Å². The zero-order chi connectivity index (χ0) is 23.7. The molecule has 34 heavy (non-hydrogen) atoms. The molecule has 8 nitrogen and oxygen atoms in total. The van der Waals surface area contributed by atoms with Crippen LogP contribution in [0.25, 0.3) is 5.69 Å². The van der Waals surface area contributed by atoms with Crippen LogP contribution in [0.1, 0.15) is 39.6 Å². The highest BCUT2D eigenvalue weighted by atomic mass is 32.1. The van der Waals surface area contributed by atoms with Crippen molar-refractivity contribution in [2.24, 2.45) is 4.99 Å². The third-order valence-corrected chi connectivity index (χ3v) is 7.16. The van der Waals surface area contributed by atoms with Gasteiger partial charge in [0, 0.05) is 17.0 Å². The number of aromatic amines is 1. The van der Waals surface area contributed by atoms with Crippen molar-refractivity contribution in [2.75, 3.05) is 7.11 Å². The van der Waals surface area contributed by atoms with Crippen molar-refractivity contribution in [3.8, 4) is 17.5 Å². The lowest BCUT2D eigenvalue weighted by atomic mass is 9.83. The molecule has 9 heteroatoms. The third-order valence-electron chi connectivity index (χ3n) is 6.01. The lowest BCUT2D eigenvalue weighted by Crippen LogP contribution is -2.44. The Morgan fingerprint density at radius 1 is 1.26 bits per heavy atom. The first-order valence-electron chi connectivity index (χ1n) is 10.7. The van der Waals surface area contributed by atoms with Crippen molar-refractivity contribution in [3.05, 3.63) is 92.3 Å². The fourth-order valence-electron chi connectivity index (χ4n) is 4.29. The summed E-state index contributed by atoms with van der Waals surface area (Å²) >= 11 is 1.34. The van der Waals surface area contributed by atoms with E-state index in [-0.39, 0.29) is 5.69 Å². The Hall–Kier alpha value is -4.16. The van der Waals surface area contributed by atoms with E-state index in [9.17, 15) is 15.2 Å². The van der Waals surface area contributed by atoms with Gasteiger partial charge in [0.2, 0.25) is 5.69 Å². The van der Waals surface area contributed by atoms with Gasteiger partial charge < -0.3 is 9.84 Å². The van der Waals surface area contributed by atoms with Crippen LogP contribution in [-0.2, 0) is 12.8 Å². The largest absolute Gasteiger partial charge is 0.854 e. The number of ether oxygens (including phenoxy) is 1. The number of fused-ring (bicyclic) bond motifs is 1. The smallest absolute Gasteiger partial charge is 0.436 e. The Kier molecular flexibility index (Phi) is 5.74. The predicted molar refractivity (Wildman–Crippen MR) is 124 cm³/mol. The molecular weight excluding hydrogens is 452 g/mol. The molecule has 2 aromatic carbocycles. The Bertz CT molecular complexity index is 1460. The molecule has 170 valence electrons. The first kappa shape index (κ1) is 21.7. The topological polar surface area (TPSA) is 118 Å². The molecule has 0 radical (unpaired) electrons. The Morgan fingerprint density at radius 2 is 2.03 bits per heavy atom. The van der Waals surface area contributed by atoms with Gasteiger partial charge in [0.25, 0.3) is 0 Å². The molecule has 1 aliphatic rings. The number of methoxy groups -OCH3 is 1. The van der Waals surface area contributed by atoms with Crippen LogP contribution in [0.2, 0.25) is 0 Å². The molecule has 1 atom stereocenters. The van der Waals surface area contributed by atoms with Gasteiger partial charge in [-0.15, -0.1) is 11.3 Å². The summed E-state index contributed by atoms with van der Waals surface area (Å²) < 4.78 is 11.3. The van der Waals surface area contributed by atoms with Crippen molar-refractivity contribution in [3.63, 3.8) is 0 Å². The Balaban J connectivity index is 1.51. The molecule has 0 saturated carbocycles. The Labute approximate surface area is 199 Å². The van der Waals surface area contributed by atoms with E-state index < -0.39 is 11.5 Å². The van der Waals surface area contributed by atoms with Gasteiger partial charge in [-0.25, -0.2) is 9.79 Å². The van der Waals surface area contributed by atoms with Gasteiger partial charge in [-0.3, -0.25) is 4.52 Å².